The van der Waals surface area contributed by atoms with Gasteiger partial charge in [0.1, 0.15) is 5.82 Å². The first kappa shape index (κ1) is 12.8. The minimum Gasteiger partial charge on any atom is -0.206 e. The van der Waals surface area contributed by atoms with Gasteiger partial charge in [0.2, 0.25) is 0 Å². The van der Waals surface area contributed by atoms with Gasteiger partial charge in [-0.25, -0.2) is 4.39 Å². The Morgan fingerprint density at radius 3 is 2.38 bits per heavy atom. The number of hydrogen-bond acceptors (Lipinski definition) is 0. The maximum atomic E-state index is 14.3. The van der Waals surface area contributed by atoms with Crippen LogP contribution in [0, 0.1) is 19.7 Å². The number of halogens is 1. The van der Waals surface area contributed by atoms with Gasteiger partial charge in [0.25, 0.3) is 0 Å². The van der Waals surface area contributed by atoms with Crippen molar-refractivity contribution in [1.29, 1.82) is 0 Å². The summed E-state index contributed by atoms with van der Waals surface area (Å²) in [6.45, 7) is 4.21. The zero-order valence-corrected chi connectivity index (χ0v) is 12.6. The molecule has 4 rings (SSSR count). The van der Waals surface area contributed by atoms with Crippen molar-refractivity contribution in [2.75, 3.05) is 0 Å². The predicted octanol–water partition coefficient (Wildman–Crippen LogP) is 5.63. The van der Waals surface area contributed by atoms with E-state index < -0.39 is 0 Å². The molecule has 0 unspecified atom stereocenters. The van der Waals surface area contributed by atoms with Gasteiger partial charge in [-0.15, -0.1) is 0 Å². The van der Waals surface area contributed by atoms with Gasteiger partial charge in [0, 0.05) is 5.39 Å². The van der Waals surface area contributed by atoms with Gasteiger partial charge in [0.05, 0.1) is 0 Å². The van der Waals surface area contributed by atoms with Crippen molar-refractivity contribution in [3.05, 3.63) is 58.4 Å². The van der Waals surface area contributed by atoms with Gasteiger partial charge in [-0.2, -0.15) is 0 Å². The van der Waals surface area contributed by atoms with Crippen molar-refractivity contribution in [1.82, 2.24) is 0 Å². The van der Waals surface area contributed by atoms with Crippen LogP contribution in [0.2, 0.25) is 0 Å². The second-order valence-electron chi connectivity index (χ2n) is 6.25. The van der Waals surface area contributed by atoms with Gasteiger partial charge in [0.15, 0.2) is 0 Å². The smallest absolute Gasteiger partial charge is 0.131 e. The molecule has 1 aliphatic carbocycles. The van der Waals surface area contributed by atoms with Crippen molar-refractivity contribution in [3.63, 3.8) is 0 Å². The number of benzene rings is 3. The van der Waals surface area contributed by atoms with Crippen LogP contribution >= 0.6 is 0 Å². The van der Waals surface area contributed by atoms with E-state index in [0.29, 0.717) is 0 Å². The molecule has 0 N–H and O–H groups in total. The fourth-order valence-electron chi connectivity index (χ4n) is 4.06. The molecule has 0 spiro atoms. The monoisotopic (exact) mass is 278 g/mol. The highest BCUT2D eigenvalue weighted by atomic mass is 19.1. The highest BCUT2D eigenvalue weighted by Crippen LogP contribution is 2.38. The normalized spacial score (nSPS) is 14.6. The van der Waals surface area contributed by atoms with E-state index in [9.17, 15) is 4.39 Å². The van der Waals surface area contributed by atoms with Crippen molar-refractivity contribution in [2.45, 2.75) is 39.5 Å². The van der Waals surface area contributed by atoms with Crippen LogP contribution in [0.3, 0.4) is 0 Å². The van der Waals surface area contributed by atoms with Crippen LogP contribution in [0.5, 0.6) is 0 Å². The maximum Gasteiger partial charge on any atom is 0.131 e. The Balaban J connectivity index is 2.25. The van der Waals surface area contributed by atoms with E-state index in [1.165, 1.54) is 46.7 Å². The summed E-state index contributed by atoms with van der Waals surface area (Å²) >= 11 is 0. The molecule has 0 saturated carbocycles. The Kier molecular flexibility index (Phi) is 2.78. The van der Waals surface area contributed by atoms with Crippen molar-refractivity contribution >= 4 is 21.5 Å². The molecule has 0 aliphatic heterocycles. The lowest BCUT2D eigenvalue weighted by Crippen LogP contribution is -2.05. The molecule has 0 aromatic heterocycles. The van der Waals surface area contributed by atoms with Crippen LogP contribution in [-0.2, 0) is 12.8 Å². The number of aryl methyl sites for hydroxylation is 4. The van der Waals surface area contributed by atoms with E-state index in [1.54, 1.807) is 6.07 Å². The zero-order chi connectivity index (χ0) is 14.6. The van der Waals surface area contributed by atoms with Crippen molar-refractivity contribution in [2.24, 2.45) is 0 Å². The molecule has 0 fully saturated rings. The third-order valence-corrected chi connectivity index (χ3v) is 5.10. The van der Waals surface area contributed by atoms with Crippen LogP contribution in [0.15, 0.2) is 30.3 Å². The molecule has 106 valence electrons. The number of hydrogen-bond donors (Lipinski definition) is 0. The first-order chi connectivity index (χ1) is 10.2. The third-order valence-electron chi connectivity index (χ3n) is 5.10. The second-order valence-corrected chi connectivity index (χ2v) is 6.25. The quantitative estimate of drug-likeness (QED) is 0.468. The minimum atomic E-state index is -0.104. The molecule has 0 heterocycles. The Bertz CT molecular complexity index is 874. The molecule has 21 heavy (non-hydrogen) atoms. The van der Waals surface area contributed by atoms with Gasteiger partial charge in [-0.3, -0.25) is 0 Å². The predicted molar refractivity (Wildman–Crippen MR) is 87.5 cm³/mol. The molecular formula is C20H19F. The van der Waals surface area contributed by atoms with Crippen LogP contribution in [0.4, 0.5) is 4.39 Å². The molecule has 0 saturated heterocycles. The molecule has 0 bridgehead atoms. The van der Waals surface area contributed by atoms with Gasteiger partial charge < -0.3 is 0 Å². The highest BCUT2D eigenvalue weighted by Gasteiger charge is 2.18. The standard InChI is InChI=1S/C20H19F/c1-12-15-8-5-9-18(21)20(15)13(2)16-11-10-14-6-3-4-7-17(14)19(12)16/h5,8-11H,3-4,6-7H2,1-2H3. The lowest BCUT2D eigenvalue weighted by molar-refractivity contribution is 0.639. The Labute approximate surface area is 124 Å². The largest absolute Gasteiger partial charge is 0.206 e. The minimum absolute atomic E-state index is 0.104. The van der Waals surface area contributed by atoms with Gasteiger partial charge >= 0.3 is 0 Å². The molecule has 0 atom stereocenters. The average Bonchev–Trinajstić information content (AvgIpc) is 2.51. The maximum absolute atomic E-state index is 14.3. The first-order valence-corrected chi connectivity index (χ1v) is 7.80. The van der Waals surface area contributed by atoms with E-state index >= 15 is 0 Å². The number of rotatable bonds is 0. The van der Waals surface area contributed by atoms with Crippen molar-refractivity contribution < 1.29 is 4.39 Å². The highest BCUT2D eigenvalue weighted by molar-refractivity contribution is 6.07. The van der Waals surface area contributed by atoms with Crippen molar-refractivity contribution in [3.8, 4) is 0 Å². The molecule has 3 aromatic carbocycles. The molecule has 3 aromatic rings. The van der Waals surface area contributed by atoms with Gasteiger partial charge in [-0.05, 0) is 84.0 Å². The van der Waals surface area contributed by atoms with Gasteiger partial charge in [-0.1, -0.05) is 24.3 Å². The number of fused-ring (bicyclic) bond motifs is 4. The molecule has 0 nitrogen and oxygen atoms in total. The van der Waals surface area contributed by atoms with Crippen LogP contribution in [0.25, 0.3) is 21.5 Å². The lowest BCUT2D eigenvalue weighted by Gasteiger charge is -2.21. The van der Waals surface area contributed by atoms with E-state index in [4.69, 9.17) is 0 Å². The Hall–Kier alpha value is -1.89. The van der Waals surface area contributed by atoms with E-state index in [0.717, 1.165) is 22.8 Å². The molecular weight excluding hydrogens is 259 g/mol. The summed E-state index contributed by atoms with van der Waals surface area (Å²) in [6, 6.07) is 9.91. The van der Waals surface area contributed by atoms with E-state index in [-0.39, 0.29) is 5.82 Å². The fourth-order valence-corrected chi connectivity index (χ4v) is 4.06. The topological polar surface area (TPSA) is 0 Å². The summed E-state index contributed by atoms with van der Waals surface area (Å²) in [5.74, 6) is -0.104. The van der Waals surface area contributed by atoms with Crippen LogP contribution < -0.4 is 0 Å². The summed E-state index contributed by atoms with van der Waals surface area (Å²) in [7, 11) is 0. The fraction of sp³-hybridized carbons (Fsp3) is 0.300. The second kappa shape index (κ2) is 4.56. The molecule has 1 aliphatic rings. The van der Waals surface area contributed by atoms with E-state index in [1.807, 2.05) is 6.07 Å². The zero-order valence-electron chi connectivity index (χ0n) is 12.6. The van der Waals surface area contributed by atoms with Crippen LogP contribution in [0.1, 0.15) is 35.1 Å². The summed E-state index contributed by atoms with van der Waals surface area (Å²) in [5.41, 5.74) is 5.32. The Morgan fingerprint density at radius 1 is 0.810 bits per heavy atom. The summed E-state index contributed by atoms with van der Waals surface area (Å²) in [4.78, 5) is 0. The molecule has 1 heteroatoms. The Morgan fingerprint density at radius 2 is 1.52 bits per heavy atom. The molecule has 0 amide bonds. The third kappa shape index (κ3) is 1.73. The summed E-state index contributed by atoms with van der Waals surface area (Å²) in [6.07, 6.45) is 4.91. The summed E-state index contributed by atoms with van der Waals surface area (Å²) in [5, 5.41) is 4.46. The molecule has 0 radical (unpaired) electrons. The van der Waals surface area contributed by atoms with Crippen LogP contribution in [-0.4, -0.2) is 0 Å². The lowest BCUT2D eigenvalue weighted by atomic mass is 9.83. The first-order valence-electron chi connectivity index (χ1n) is 7.80. The average molecular weight is 278 g/mol. The van der Waals surface area contributed by atoms with E-state index in [2.05, 4.69) is 32.0 Å². The summed E-state index contributed by atoms with van der Waals surface area (Å²) < 4.78 is 14.3. The SMILES string of the molecule is Cc1c2ccc3c(c2c(C)c2cccc(F)c12)CCCC3.